The van der Waals surface area contributed by atoms with Crippen molar-refractivity contribution in [2.24, 2.45) is 0 Å². The molecule has 0 aliphatic carbocycles. The predicted molar refractivity (Wildman–Crippen MR) is 104 cm³/mol. The number of rotatable bonds is 5. The van der Waals surface area contributed by atoms with Gasteiger partial charge in [0.25, 0.3) is 0 Å². The van der Waals surface area contributed by atoms with E-state index in [0.717, 1.165) is 30.2 Å². The molecular weight excluding hydrogens is 369 g/mol. The highest BCUT2D eigenvalue weighted by Gasteiger charge is 2.18. The second kappa shape index (κ2) is 7.66. The molecule has 1 atom stereocenters. The van der Waals surface area contributed by atoms with Crippen molar-refractivity contribution in [2.75, 3.05) is 25.6 Å². The van der Waals surface area contributed by atoms with Crippen LogP contribution in [0, 0.1) is 5.82 Å². The zero-order valence-electron chi connectivity index (χ0n) is 14.8. The molecule has 0 radical (unpaired) electrons. The minimum Gasteiger partial charge on any atom is -0.494 e. The number of ether oxygens (including phenoxy) is 2. The van der Waals surface area contributed by atoms with Crippen molar-refractivity contribution < 1.29 is 13.9 Å². The molecule has 0 spiro atoms. The zero-order valence-corrected chi connectivity index (χ0v) is 15.6. The van der Waals surface area contributed by atoms with Crippen LogP contribution >= 0.6 is 11.6 Å². The van der Waals surface area contributed by atoms with E-state index in [4.69, 9.17) is 21.1 Å². The summed E-state index contributed by atoms with van der Waals surface area (Å²) >= 11 is 6.07. The van der Waals surface area contributed by atoms with Gasteiger partial charge in [-0.2, -0.15) is 0 Å². The minimum absolute atomic E-state index is 0.149. The lowest BCUT2D eigenvalue weighted by Crippen LogP contribution is -2.19. The molecule has 1 unspecified atom stereocenters. The number of methoxy groups -OCH3 is 1. The molecule has 4 rings (SSSR count). The van der Waals surface area contributed by atoms with Crippen LogP contribution in [0.5, 0.6) is 5.75 Å². The number of nitrogens with one attached hydrogen (secondary N) is 1. The Morgan fingerprint density at radius 2 is 2.26 bits per heavy atom. The summed E-state index contributed by atoms with van der Waals surface area (Å²) in [6.07, 6.45) is 3.89. The van der Waals surface area contributed by atoms with E-state index in [1.165, 1.54) is 7.11 Å². The van der Waals surface area contributed by atoms with Crippen LogP contribution in [0.3, 0.4) is 0 Å². The van der Waals surface area contributed by atoms with Crippen LogP contribution in [0.25, 0.3) is 22.0 Å². The van der Waals surface area contributed by atoms with Crippen LogP contribution in [0.15, 0.2) is 36.5 Å². The maximum atomic E-state index is 14.7. The Balaban J connectivity index is 1.78. The van der Waals surface area contributed by atoms with Gasteiger partial charge < -0.3 is 14.8 Å². The molecule has 0 saturated carbocycles. The molecule has 140 valence electrons. The van der Waals surface area contributed by atoms with E-state index in [1.807, 2.05) is 0 Å². The minimum atomic E-state index is -0.446. The first kappa shape index (κ1) is 17.9. The molecule has 7 heteroatoms. The predicted octanol–water partition coefficient (Wildman–Crippen LogP) is 4.69. The summed E-state index contributed by atoms with van der Waals surface area (Å²) in [5, 5.41) is 5.37. The highest BCUT2D eigenvalue weighted by molar-refractivity contribution is 6.30. The van der Waals surface area contributed by atoms with Gasteiger partial charge in [0, 0.05) is 35.7 Å². The highest BCUT2D eigenvalue weighted by Crippen LogP contribution is 2.33. The summed E-state index contributed by atoms with van der Waals surface area (Å²) in [4.78, 5) is 8.80. The average Bonchev–Trinajstić information content (AvgIpc) is 3.20. The first-order chi connectivity index (χ1) is 13.2. The van der Waals surface area contributed by atoms with Gasteiger partial charge in [0.05, 0.1) is 18.9 Å². The Morgan fingerprint density at radius 1 is 1.37 bits per heavy atom. The van der Waals surface area contributed by atoms with Crippen molar-refractivity contribution >= 4 is 28.2 Å². The molecule has 27 heavy (non-hydrogen) atoms. The molecule has 1 N–H and O–H groups in total. The summed E-state index contributed by atoms with van der Waals surface area (Å²) in [6, 6.07) is 8.56. The van der Waals surface area contributed by atoms with E-state index in [1.54, 1.807) is 36.5 Å². The average molecular weight is 388 g/mol. The Bertz CT molecular complexity index is 977. The van der Waals surface area contributed by atoms with Crippen LogP contribution in [0.2, 0.25) is 5.15 Å². The van der Waals surface area contributed by atoms with Gasteiger partial charge in [-0.05, 0) is 37.1 Å². The van der Waals surface area contributed by atoms with Crippen LogP contribution in [0.4, 0.5) is 10.2 Å². The summed E-state index contributed by atoms with van der Waals surface area (Å²) < 4.78 is 25.5. The monoisotopic (exact) mass is 387 g/mol. The SMILES string of the molecule is COc1cccc(-c2cc3cnc(Cl)cc3c(NCC3CCCO3)n2)c1F. The van der Waals surface area contributed by atoms with Crippen molar-refractivity contribution in [1.82, 2.24) is 9.97 Å². The van der Waals surface area contributed by atoms with E-state index < -0.39 is 5.82 Å². The van der Waals surface area contributed by atoms with Gasteiger partial charge in [-0.15, -0.1) is 0 Å². The number of pyridine rings is 2. The van der Waals surface area contributed by atoms with Gasteiger partial charge in [-0.3, -0.25) is 0 Å². The number of hydrogen-bond donors (Lipinski definition) is 1. The third-order valence-electron chi connectivity index (χ3n) is 4.66. The van der Waals surface area contributed by atoms with Gasteiger partial charge in [0.1, 0.15) is 11.0 Å². The lowest BCUT2D eigenvalue weighted by molar-refractivity contribution is 0.120. The molecule has 1 aliphatic heterocycles. The quantitative estimate of drug-likeness (QED) is 0.644. The van der Waals surface area contributed by atoms with Crippen molar-refractivity contribution in [2.45, 2.75) is 18.9 Å². The fourth-order valence-electron chi connectivity index (χ4n) is 3.28. The maximum Gasteiger partial charge on any atom is 0.174 e. The second-order valence-corrected chi connectivity index (χ2v) is 6.81. The topological polar surface area (TPSA) is 56.3 Å². The van der Waals surface area contributed by atoms with Gasteiger partial charge in [0.15, 0.2) is 11.6 Å². The number of benzene rings is 1. The normalized spacial score (nSPS) is 16.6. The van der Waals surface area contributed by atoms with E-state index in [9.17, 15) is 4.39 Å². The molecule has 1 fully saturated rings. The first-order valence-electron chi connectivity index (χ1n) is 8.80. The Labute approximate surface area is 161 Å². The lowest BCUT2D eigenvalue weighted by Gasteiger charge is -2.15. The summed E-state index contributed by atoms with van der Waals surface area (Å²) in [7, 11) is 1.44. The van der Waals surface area contributed by atoms with E-state index in [2.05, 4.69) is 15.3 Å². The molecule has 0 amide bonds. The molecule has 1 aromatic carbocycles. The van der Waals surface area contributed by atoms with Crippen LogP contribution in [-0.4, -0.2) is 36.3 Å². The number of fused-ring (bicyclic) bond motifs is 1. The molecular formula is C20H19ClFN3O2. The van der Waals surface area contributed by atoms with Crippen molar-refractivity contribution in [3.63, 3.8) is 0 Å². The Hall–Kier alpha value is -2.44. The maximum absolute atomic E-state index is 14.7. The van der Waals surface area contributed by atoms with Crippen molar-refractivity contribution in [1.29, 1.82) is 0 Å². The molecule has 1 aliphatic rings. The molecule has 3 heterocycles. The molecule has 0 bridgehead atoms. The Kier molecular flexibility index (Phi) is 5.09. The molecule has 3 aromatic rings. The number of anilines is 1. The Morgan fingerprint density at radius 3 is 3.04 bits per heavy atom. The fraction of sp³-hybridized carbons (Fsp3) is 0.300. The number of aromatic nitrogens is 2. The third-order valence-corrected chi connectivity index (χ3v) is 4.87. The van der Waals surface area contributed by atoms with E-state index in [-0.39, 0.29) is 11.9 Å². The summed E-state index contributed by atoms with van der Waals surface area (Å²) in [5.41, 5.74) is 0.865. The number of hydrogen-bond acceptors (Lipinski definition) is 5. The zero-order chi connectivity index (χ0) is 18.8. The van der Waals surface area contributed by atoms with Crippen LogP contribution in [-0.2, 0) is 4.74 Å². The first-order valence-corrected chi connectivity index (χ1v) is 9.18. The summed E-state index contributed by atoms with van der Waals surface area (Å²) in [6.45, 7) is 1.41. The standard InChI is InChI=1S/C20H19ClFN3O2/c1-26-17-6-2-5-14(19(17)22)16-8-12-10-23-18(21)9-15(12)20(25-16)24-11-13-4-3-7-27-13/h2,5-6,8-10,13H,3-4,7,11H2,1H3,(H,24,25). The smallest absolute Gasteiger partial charge is 0.174 e. The third kappa shape index (κ3) is 3.68. The number of nitrogens with zero attached hydrogens (tertiary/aromatic N) is 2. The van der Waals surface area contributed by atoms with Crippen LogP contribution < -0.4 is 10.1 Å². The van der Waals surface area contributed by atoms with E-state index >= 15 is 0 Å². The van der Waals surface area contributed by atoms with Crippen LogP contribution in [0.1, 0.15) is 12.8 Å². The van der Waals surface area contributed by atoms with Gasteiger partial charge in [0.2, 0.25) is 0 Å². The molecule has 5 nitrogen and oxygen atoms in total. The van der Waals surface area contributed by atoms with Crippen molar-refractivity contribution in [3.05, 3.63) is 47.5 Å². The fourth-order valence-corrected chi connectivity index (χ4v) is 3.43. The number of halogens is 2. The largest absolute Gasteiger partial charge is 0.494 e. The van der Waals surface area contributed by atoms with Gasteiger partial charge in [-0.25, -0.2) is 14.4 Å². The lowest BCUT2D eigenvalue weighted by atomic mass is 10.1. The van der Waals surface area contributed by atoms with E-state index in [0.29, 0.717) is 28.8 Å². The highest BCUT2D eigenvalue weighted by atomic mass is 35.5. The van der Waals surface area contributed by atoms with Crippen molar-refractivity contribution in [3.8, 4) is 17.0 Å². The molecule has 2 aromatic heterocycles. The molecule has 1 saturated heterocycles. The van der Waals surface area contributed by atoms with Gasteiger partial charge in [-0.1, -0.05) is 17.7 Å². The second-order valence-electron chi connectivity index (χ2n) is 6.42. The summed E-state index contributed by atoms with van der Waals surface area (Å²) in [5.74, 6) is 0.362. The van der Waals surface area contributed by atoms with Gasteiger partial charge >= 0.3 is 0 Å².